The lowest BCUT2D eigenvalue weighted by molar-refractivity contribution is 0.112. The van der Waals surface area contributed by atoms with Crippen molar-refractivity contribution in [2.45, 2.75) is 32.7 Å². The summed E-state index contributed by atoms with van der Waals surface area (Å²) in [5.41, 5.74) is 1.84. The Morgan fingerprint density at radius 2 is 2.10 bits per heavy atom. The summed E-state index contributed by atoms with van der Waals surface area (Å²) in [5, 5.41) is 4.51. The molecular weight excluding hydrogens is 323 g/mol. The summed E-state index contributed by atoms with van der Waals surface area (Å²) >= 11 is 3.15. The highest BCUT2D eigenvalue weighted by Crippen LogP contribution is 2.27. The Hall–Kier alpha value is -1.49. The van der Waals surface area contributed by atoms with Crippen molar-refractivity contribution in [1.82, 2.24) is 9.78 Å². The molecule has 1 aromatic carbocycles. The second-order valence-electron chi connectivity index (χ2n) is 4.63. The molecular formula is C15H16BrFN2O. The van der Waals surface area contributed by atoms with Gasteiger partial charge >= 0.3 is 0 Å². The second-order valence-corrected chi connectivity index (χ2v) is 5.48. The molecule has 3 nitrogen and oxygen atoms in total. The molecule has 0 amide bonds. The molecule has 1 aromatic heterocycles. The van der Waals surface area contributed by atoms with Crippen LogP contribution in [0.25, 0.3) is 11.3 Å². The number of benzene rings is 1. The maximum absolute atomic E-state index is 13.3. The van der Waals surface area contributed by atoms with Gasteiger partial charge in [-0.25, -0.2) is 4.39 Å². The van der Waals surface area contributed by atoms with E-state index in [1.165, 1.54) is 6.07 Å². The van der Waals surface area contributed by atoms with Crippen LogP contribution in [0, 0.1) is 5.82 Å². The summed E-state index contributed by atoms with van der Waals surface area (Å²) in [7, 11) is 0. The molecule has 0 saturated carbocycles. The van der Waals surface area contributed by atoms with Gasteiger partial charge in [0.05, 0.1) is 16.1 Å². The maximum Gasteiger partial charge on any atom is 0.153 e. The Balaban J connectivity index is 2.49. The Kier molecular flexibility index (Phi) is 4.70. The predicted octanol–water partition coefficient (Wildman–Crippen LogP) is 4.63. The number of carbonyl (C=O) groups is 1. The van der Waals surface area contributed by atoms with Gasteiger partial charge in [-0.1, -0.05) is 13.8 Å². The van der Waals surface area contributed by atoms with Crippen molar-refractivity contribution in [2.24, 2.45) is 0 Å². The molecule has 0 unspecified atom stereocenters. The van der Waals surface area contributed by atoms with Gasteiger partial charge in [-0.2, -0.15) is 5.10 Å². The van der Waals surface area contributed by atoms with E-state index in [-0.39, 0.29) is 11.9 Å². The van der Waals surface area contributed by atoms with Crippen molar-refractivity contribution in [3.05, 3.63) is 40.2 Å². The van der Waals surface area contributed by atoms with Crippen LogP contribution >= 0.6 is 15.9 Å². The van der Waals surface area contributed by atoms with Gasteiger partial charge in [0.25, 0.3) is 0 Å². The molecule has 0 N–H and O–H groups in total. The maximum atomic E-state index is 13.3. The normalized spacial score (nSPS) is 11.1. The molecule has 106 valence electrons. The third-order valence-electron chi connectivity index (χ3n) is 3.40. The zero-order chi connectivity index (χ0) is 14.7. The highest BCUT2D eigenvalue weighted by molar-refractivity contribution is 9.10. The Bertz CT molecular complexity index is 620. The number of rotatable bonds is 5. The Morgan fingerprint density at radius 1 is 1.40 bits per heavy atom. The van der Waals surface area contributed by atoms with Crippen molar-refractivity contribution in [3.63, 3.8) is 0 Å². The fourth-order valence-electron chi connectivity index (χ4n) is 2.21. The molecule has 5 heteroatoms. The molecule has 0 fully saturated rings. The van der Waals surface area contributed by atoms with Gasteiger partial charge in [0.15, 0.2) is 6.29 Å². The molecule has 0 radical (unpaired) electrons. The second kappa shape index (κ2) is 6.31. The lowest BCUT2D eigenvalue weighted by Crippen LogP contribution is -2.07. The summed E-state index contributed by atoms with van der Waals surface area (Å²) in [5.74, 6) is -0.333. The number of nitrogens with zero attached hydrogens (tertiary/aromatic N) is 2. The third kappa shape index (κ3) is 2.82. The van der Waals surface area contributed by atoms with Gasteiger partial charge in [-0.3, -0.25) is 9.48 Å². The van der Waals surface area contributed by atoms with Crippen LogP contribution in [0.4, 0.5) is 4.39 Å². The molecule has 2 rings (SSSR count). The standard InChI is InChI=1S/C15H16BrFN2O/c1-3-12(4-2)19-8-11(9-20)15(18-19)10-5-6-14(17)13(16)7-10/h5-9,12H,3-4H2,1-2H3. The number of aldehydes is 1. The SMILES string of the molecule is CCC(CC)n1cc(C=O)c(-c2ccc(F)c(Br)c2)n1. The monoisotopic (exact) mass is 338 g/mol. The number of hydrogen-bond acceptors (Lipinski definition) is 2. The van der Waals surface area contributed by atoms with Crippen LogP contribution in [0.3, 0.4) is 0 Å². The molecule has 0 aliphatic carbocycles. The highest BCUT2D eigenvalue weighted by Gasteiger charge is 2.15. The third-order valence-corrected chi connectivity index (χ3v) is 4.00. The topological polar surface area (TPSA) is 34.9 Å². The van der Waals surface area contributed by atoms with Crippen LogP contribution in [-0.4, -0.2) is 16.1 Å². The van der Waals surface area contributed by atoms with Crippen LogP contribution in [0.15, 0.2) is 28.9 Å². The average molecular weight is 339 g/mol. The lowest BCUT2D eigenvalue weighted by Gasteiger charge is -2.12. The van der Waals surface area contributed by atoms with Crippen LogP contribution in [0.5, 0.6) is 0 Å². The van der Waals surface area contributed by atoms with Crippen molar-refractivity contribution >= 4 is 22.2 Å². The van der Waals surface area contributed by atoms with Crippen molar-refractivity contribution in [3.8, 4) is 11.3 Å². The number of aromatic nitrogens is 2. The zero-order valence-electron chi connectivity index (χ0n) is 11.4. The molecule has 0 spiro atoms. The molecule has 0 bridgehead atoms. The van der Waals surface area contributed by atoms with Crippen LogP contribution in [0.1, 0.15) is 43.1 Å². The molecule has 0 aliphatic rings. The van der Waals surface area contributed by atoms with Crippen molar-refractivity contribution in [2.75, 3.05) is 0 Å². The first kappa shape index (κ1) is 14.9. The van der Waals surface area contributed by atoms with E-state index >= 15 is 0 Å². The molecule has 2 aromatic rings. The fraction of sp³-hybridized carbons (Fsp3) is 0.333. The van der Waals surface area contributed by atoms with Crippen molar-refractivity contribution in [1.29, 1.82) is 0 Å². The van der Waals surface area contributed by atoms with Gasteiger partial charge in [-0.15, -0.1) is 0 Å². The zero-order valence-corrected chi connectivity index (χ0v) is 13.0. The summed E-state index contributed by atoms with van der Waals surface area (Å²) in [6, 6.07) is 4.91. The lowest BCUT2D eigenvalue weighted by atomic mass is 10.1. The number of hydrogen-bond donors (Lipinski definition) is 0. The first-order chi connectivity index (χ1) is 9.60. The summed E-state index contributed by atoms with van der Waals surface area (Å²) in [4.78, 5) is 11.2. The van der Waals surface area contributed by atoms with E-state index in [1.54, 1.807) is 18.3 Å². The predicted molar refractivity (Wildman–Crippen MR) is 80.3 cm³/mol. The van der Waals surface area contributed by atoms with E-state index in [9.17, 15) is 9.18 Å². The van der Waals surface area contributed by atoms with E-state index in [2.05, 4.69) is 34.9 Å². The molecule has 0 aliphatic heterocycles. The smallest absolute Gasteiger partial charge is 0.153 e. The largest absolute Gasteiger partial charge is 0.298 e. The quantitative estimate of drug-likeness (QED) is 0.745. The highest BCUT2D eigenvalue weighted by atomic mass is 79.9. The summed E-state index contributed by atoms with van der Waals surface area (Å²) in [6.45, 7) is 4.18. The summed E-state index contributed by atoms with van der Waals surface area (Å²) < 4.78 is 15.5. The fourth-order valence-corrected chi connectivity index (χ4v) is 2.59. The van der Waals surface area contributed by atoms with Crippen LogP contribution in [0.2, 0.25) is 0 Å². The van der Waals surface area contributed by atoms with Crippen LogP contribution in [-0.2, 0) is 0 Å². The number of carbonyl (C=O) groups excluding carboxylic acids is 1. The average Bonchev–Trinajstić information content (AvgIpc) is 2.87. The number of halogens is 2. The first-order valence-electron chi connectivity index (χ1n) is 6.60. The van der Waals surface area contributed by atoms with E-state index in [0.717, 1.165) is 24.7 Å². The van der Waals surface area contributed by atoms with Gasteiger partial charge in [-0.05, 0) is 47.0 Å². The van der Waals surface area contributed by atoms with E-state index in [4.69, 9.17) is 0 Å². The molecule has 1 heterocycles. The minimum absolute atomic E-state index is 0.270. The Morgan fingerprint density at radius 3 is 2.65 bits per heavy atom. The first-order valence-corrected chi connectivity index (χ1v) is 7.39. The van der Waals surface area contributed by atoms with Crippen LogP contribution < -0.4 is 0 Å². The van der Waals surface area contributed by atoms with Gasteiger partial charge in [0, 0.05) is 11.8 Å². The molecule has 0 saturated heterocycles. The van der Waals surface area contributed by atoms with Gasteiger partial charge in [0.1, 0.15) is 11.5 Å². The summed E-state index contributed by atoms with van der Waals surface area (Å²) in [6.07, 6.45) is 4.45. The van der Waals surface area contributed by atoms with Gasteiger partial charge < -0.3 is 0 Å². The molecule has 0 atom stereocenters. The van der Waals surface area contributed by atoms with E-state index in [0.29, 0.717) is 15.7 Å². The van der Waals surface area contributed by atoms with Crippen molar-refractivity contribution < 1.29 is 9.18 Å². The Labute approximate surface area is 125 Å². The van der Waals surface area contributed by atoms with E-state index < -0.39 is 0 Å². The van der Waals surface area contributed by atoms with Gasteiger partial charge in [0.2, 0.25) is 0 Å². The molecule has 20 heavy (non-hydrogen) atoms. The van der Waals surface area contributed by atoms with E-state index in [1.807, 2.05) is 4.68 Å². The minimum atomic E-state index is -0.333. The minimum Gasteiger partial charge on any atom is -0.298 e.